The van der Waals surface area contributed by atoms with Crippen LogP contribution < -0.4 is 4.48 Å². The summed E-state index contributed by atoms with van der Waals surface area (Å²) in [5, 5.41) is 0. The molecule has 0 bridgehead atoms. The molecule has 1 aromatic rings. The molecule has 1 atom stereocenters. The maximum Gasteiger partial charge on any atom is 0.223 e. The Kier molecular flexibility index (Phi) is 3.22. The van der Waals surface area contributed by atoms with Gasteiger partial charge < -0.3 is 0 Å². The first-order valence-electron chi connectivity index (χ1n) is 5.74. The number of hydrogen-bond donors (Lipinski definition) is 0. The van der Waals surface area contributed by atoms with Gasteiger partial charge in [0.1, 0.15) is 6.20 Å². The first-order valence-corrected chi connectivity index (χ1v) is 5.74. The Morgan fingerprint density at radius 3 is 1.89 bits per heavy atom. The maximum absolute atomic E-state index is 14.1. The molecule has 0 spiro atoms. The van der Waals surface area contributed by atoms with E-state index in [1.54, 1.807) is 0 Å². The SMILES string of the molecule is CC(C)c1c(F)c(F)c([N+]2(C)C=CN=C2)c(F)c1F. The van der Waals surface area contributed by atoms with Crippen molar-refractivity contribution in [1.82, 2.24) is 4.48 Å². The van der Waals surface area contributed by atoms with E-state index in [1.807, 2.05) is 0 Å². The van der Waals surface area contributed by atoms with Gasteiger partial charge in [-0.25, -0.2) is 18.3 Å². The van der Waals surface area contributed by atoms with Gasteiger partial charge in [-0.05, 0) is 5.92 Å². The Morgan fingerprint density at radius 1 is 1.00 bits per heavy atom. The lowest BCUT2D eigenvalue weighted by molar-refractivity contribution is 0.415. The van der Waals surface area contributed by atoms with E-state index in [2.05, 4.69) is 4.99 Å². The third kappa shape index (κ3) is 1.96. The number of aliphatic imine (C=N–C) groups is 1. The Balaban J connectivity index is 2.78. The third-order valence-electron chi connectivity index (χ3n) is 3.10. The standard InChI is InChI=1S/C13H13F4N2/c1-7(2)8-9(14)11(16)13(12(17)10(8)15)19(3)5-4-18-6-19/h4-7H,1-3H3/q+1. The van der Waals surface area contributed by atoms with Gasteiger partial charge in [-0.1, -0.05) is 13.8 Å². The van der Waals surface area contributed by atoms with Crippen molar-refractivity contribution in [3.63, 3.8) is 0 Å². The zero-order valence-electron chi connectivity index (χ0n) is 10.7. The molecule has 2 nitrogen and oxygen atoms in total. The van der Waals surface area contributed by atoms with Crippen molar-refractivity contribution in [3.8, 4) is 0 Å². The molecule has 19 heavy (non-hydrogen) atoms. The molecule has 0 N–H and O–H groups in total. The highest BCUT2D eigenvalue weighted by atomic mass is 19.2. The smallest absolute Gasteiger partial charge is 0.219 e. The van der Waals surface area contributed by atoms with E-state index in [-0.39, 0.29) is 0 Å². The van der Waals surface area contributed by atoms with E-state index in [0.717, 1.165) is 0 Å². The summed E-state index contributed by atoms with van der Waals surface area (Å²) in [6.45, 7) is 2.93. The van der Waals surface area contributed by atoms with Gasteiger partial charge in [-0.2, -0.15) is 8.78 Å². The van der Waals surface area contributed by atoms with Crippen LogP contribution in [0.4, 0.5) is 23.2 Å². The van der Waals surface area contributed by atoms with Crippen molar-refractivity contribution in [2.75, 3.05) is 7.05 Å². The molecule has 0 radical (unpaired) electrons. The summed E-state index contributed by atoms with van der Waals surface area (Å²) in [5.74, 6) is -6.13. The van der Waals surface area contributed by atoms with E-state index in [4.69, 9.17) is 0 Å². The zero-order valence-corrected chi connectivity index (χ0v) is 10.7. The fraction of sp³-hybridized carbons (Fsp3) is 0.308. The first kappa shape index (κ1) is 13.7. The lowest BCUT2D eigenvalue weighted by Crippen LogP contribution is -2.38. The van der Waals surface area contributed by atoms with E-state index in [0.29, 0.717) is 0 Å². The molecule has 6 heteroatoms. The third-order valence-corrected chi connectivity index (χ3v) is 3.10. The molecule has 0 saturated carbocycles. The summed E-state index contributed by atoms with van der Waals surface area (Å²) in [5.41, 5.74) is -1.29. The zero-order chi connectivity index (χ0) is 14.4. The fourth-order valence-corrected chi connectivity index (χ4v) is 2.09. The highest BCUT2D eigenvalue weighted by Gasteiger charge is 2.38. The van der Waals surface area contributed by atoms with E-state index >= 15 is 0 Å². The molecule has 0 aliphatic carbocycles. The van der Waals surface area contributed by atoms with Crippen LogP contribution in [0, 0.1) is 23.3 Å². The minimum atomic E-state index is -1.39. The van der Waals surface area contributed by atoms with Crippen molar-refractivity contribution < 1.29 is 17.6 Å². The van der Waals surface area contributed by atoms with Crippen LogP contribution in [0.15, 0.2) is 17.4 Å². The Hall–Kier alpha value is -1.69. The van der Waals surface area contributed by atoms with Crippen LogP contribution >= 0.6 is 0 Å². The highest BCUT2D eigenvalue weighted by molar-refractivity contribution is 5.78. The Labute approximate surface area is 108 Å². The van der Waals surface area contributed by atoms with Crippen molar-refractivity contribution in [1.29, 1.82) is 0 Å². The van der Waals surface area contributed by atoms with E-state index in [1.165, 1.54) is 39.6 Å². The van der Waals surface area contributed by atoms with Crippen LogP contribution in [0.2, 0.25) is 0 Å². The van der Waals surface area contributed by atoms with Crippen LogP contribution in [-0.2, 0) is 0 Å². The van der Waals surface area contributed by atoms with Crippen molar-refractivity contribution in [2.45, 2.75) is 19.8 Å². The molecule has 0 fully saturated rings. The average Bonchev–Trinajstić information content (AvgIpc) is 2.74. The lowest BCUT2D eigenvalue weighted by Gasteiger charge is -2.23. The second-order valence-electron chi connectivity index (χ2n) is 4.88. The topological polar surface area (TPSA) is 12.4 Å². The van der Waals surface area contributed by atoms with Gasteiger partial charge in [0.05, 0.1) is 13.2 Å². The van der Waals surface area contributed by atoms with E-state index < -0.39 is 44.9 Å². The second-order valence-corrected chi connectivity index (χ2v) is 4.88. The van der Waals surface area contributed by atoms with Crippen LogP contribution in [-0.4, -0.2) is 13.4 Å². The summed E-state index contributed by atoms with van der Waals surface area (Å²) < 4.78 is 55.4. The van der Waals surface area contributed by atoms with Crippen molar-refractivity contribution in [2.24, 2.45) is 4.99 Å². The van der Waals surface area contributed by atoms with Gasteiger partial charge in [0, 0.05) is 5.56 Å². The van der Waals surface area contributed by atoms with Crippen LogP contribution in [0.1, 0.15) is 25.3 Å². The van der Waals surface area contributed by atoms with Crippen LogP contribution in [0.5, 0.6) is 0 Å². The monoisotopic (exact) mass is 273 g/mol. The lowest BCUT2D eigenvalue weighted by atomic mass is 10.00. The minimum Gasteiger partial charge on any atom is -0.219 e. The number of benzene rings is 1. The molecule has 1 heterocycles. The molecule has 0 amide bonds. The number of nitrogens with zero attached hydrogens (tertiary/aromatic N) is 2. The van der Waals surface area contributed by atoms with Crippen LogP contribution in [0.25, 0.3) is 0 Å². The molecule has 0 saturated heterocycles. The van der Waals surface area contributed by atoms with Crippen molar-refractivity contribution in [3.05, 3.63) is 41.2 Å². The fourth-order valence-electron chi connectivity index (χ4n) is 2.09. The molecule has 1 aromatic carbocycles. The van der Waals surface area contributed by atoms with Crippen LogP contribution in [0.3, 0.4) is 0 Å². The molecule has 1 unspecified atom stereocenters. The highest BCUT2D eigenvalue weighted by Crippen LogP contribution is 2.37. The molecule has 1 aliphatic rings. The number of rotatable bonds is 2. The summed E-state index contributed by atoms with van der Waals surface area (Å²) in [6, 6.07) is 0. The largest absolute Gasteiger partial charge is 0.223 e. The van der Waals surface area contributed by atoms with Crippen molar-refractivity contribution >= 4 is 12.0 Å². The number of quaternary nitrogens is 1. The average molecular weight is 273 g/mol. The quantitative estimate of drug-likeness (QED) is 0.441. The first-order chi connectivity index (χ1) is 8.79. The van der Waals surface area contributed by atoms with Gasteiger partial charge in [0.2, 0.25) is 17.3 Å². The normalized spacial score (nSPS) is 21.7. The molecule has 2 rings (SSSR count). The summed E-state index contributed by atoms with van der Waals surface area (Å²) in [7, 11) is 1.38. The summed E-state index contributed by atoms with van der Waals surface area (Å²) >= 11 is 0. The van der Waals surface area contributed by atoms with Gasteiger partial charge in [0.15, 0.2) is 18.0 Å². The maximum atomic E-state index is 14.1. The Morgan fingerprint density at radius 2 is 1.53 bits per heavy atom. The number of hydrogen-bond acceptors (Lipinski definition) is 1. The minimum absolute atomic E-state index is 0.552. The molecule has 0 aromatic heterocycles. The second kappa shape index (κ2) is 4.45. The summed E-state index contributed by atoms with van der Waals surface area (Å²) in [6.07, 6.45) is 3.83. The van der Waals surface area contributed by atoms with Gasteiger partial charge >= 0.3 is 0 Å². The molecule has 102 valence electrons. The predicted octanol–water partition coefficient (Wildman–Crippen LogP) is 3.82. The van der Waals surface area contributed by atoms with Gasteiger partial charge in [0.25, 0.3) is 0 Å². The Bertz CT molecular complexity index is 550. The molecular formula is C13H13F4N2+. The molecular weight excluding hydrogens is 260 g/mol. The summed E-state index contributed by atoms with van der Waals surface area (Å²) in [4.78, 5) is 3.70. The molecule has 1 aliphatic heterocycles. The van der Waals surface area contributed by atoms with Gasteiger partial charge in [-0.3, -0.25) is 0 Å². The van der Waals surface area contributed by atoms with Gasteiger partial charge in [-0.15, -0.1) is 0 Å². The number of halogens is 4. The van der Waals surface area contributed by atoms with E-state index in [9.17, 15) is 17.6 Å². The predicted molar refractivity (Wildman–Crippen MR) is 65.7 cm³/mol.